The van der Waals surface area contributed by atoms with E-state index in [1.165, 1.54) is 16.4 Å². The van der Waals surface area contributed by atoms with Crippen LogP contribution in [0, 0.1) is 12.3 Å². The smallest absolute Gasteiger partial charge is 0.247 e. The third-order valence-corrected chi connectivity index (χ3v) is 4.12. The van der Waals surface area contributed by atoms with E-state index in [1.54, 1.807) is 12.1 Å². The summed E-state index contributed by atoms with van der Waals surface area (Å²) in [6, 6.07) is 5.84. The van der Waals surface area contributed by atoms with Gasteiger partial charge in [0.15, 0.2) is 0 Å². The van der Waals surface area contributed by atoms with Crippen molar-refractivity contribution in [3.8, 4) is 18.1 Å². The molecule has 0 fully saturated rings. The normalized spacial score (nSPS) is 11.4. The number of aromatic hydroxyl groups is 1. The van der Waals surface area contributed by atoms with Gasteiger partial charge >= 0.3 is 0 Å². The Balaban J connectivity index is 3.18. The van der Waals surface area contributed by atoms with Crippen LogP contribution in [0.5, 0.6) is 5.75 Å². The van der Waals surface area contributed by atoms with Gasteiger partial charge in [-0.1, -0.05) is 25.0 Å². The predicted octanol–water partition coefficient (Wildman–Crippen LogP) is 1.43. The molecule has 17 heavy (non-hydrogen) atoms. The Kier molecular flexibility index (Phi) is 4.55. The first-order valence-corrected chi connectivity index (χ1v) is 6.69. The van der Waals surface area contributed by atoms with E-state index >= 15 is 0 Å². The van der Waals surface area contributed by atoms with E-state index in [4.69, 9.17) is 6.42 Å². The topological polar surface area (TPSA) is 57.6 Å². The lowest BCUT2D eigenvalue weighted by Gasteiger charge is -2.19. The van der Waals surface area contributed by atoms with Crippen LogP contribution in [0.1, 0.15) is 13.3 Å². The largest absolute Gasteiger partial charge is 0.507 e. The predicted molar refractivity (Wildman–Crippen MR) is 66.0 cm³/mol. The lowest BCUT2D eigenvalue weighted by molar-refractivity contribution is 0.429. The Bertz CT molecular complexity index is 517. The van der Waals surface area contributed by atoms with Gasteiger partial charge in [-0.2, -0.15) is 4.31 Å². The molecule has 0 aliphatic carbocycles. The van der Waals surface area contributed by atoms with Crippen molar-refractivity contribution in [2.24, 2.45) is 0 Å². The van der Waals surface area contributed by atoms with Gasteiger partial charge in [-0.3, -0.25) is 0 Å². The minimum Gasteiger partial charge on any atom is -0.507 e. The number of para-hydroxylation sites is 1. The van der Waals surface area contributed by atoms with Crippen molar-refractivity contribution in [1.29, 1.82) is 0 Å². The van der Waals surface area contributed by atoms with Crippen LogP contribution >= 0.6 is 0 Å². The molecule has 1 rings (SSSR count). The monoisotopic (exact) mass is 253 g/mol. The molecule has 0 amide bonds. The number of benzene rings is 1. The van der Waals surface area contributed by atoms with E-state index < -0.39 is 10.0 Å². The Hall–Kier alpha value is -1.51. The highest BCUT2D eigenvalue weighted by Crippen LogP contribution is 2.24. The standard InChI is InChI=1S/C12H15NO3S/c1-3-9-13(10-4-2)17(15,16)12-8-6-5-7-11(12)14/h1,5-8,14H,4,9-10H2,2H3. The molecule has 0 saturated carbocycles. The van der Waals surface area contributed by atoms with Crippen LogP contribution in [0.15, 0.2) is 29.2 Å². The summed E-state index contributed by atoms with van der Waals surface area (Å²) >= 11 is 0. The molecule has 5 heteroatoms. The average Bonchev–Trinajstić information content (AvgIpc) is 2.29. The van der Waals surface area contributed by atoms with Crippen LogP contribution in [0.4, 0.5) is 0 Å². The molecule has 0 atom stereocenters. The molecular weight excluding hydrogens is 238 g/mol. The fraction of sp³-hybridized carbons (Fsp3) is 0.333. The van der Waals surface area contributed by atoms with Crippen LogP contribution in [0.2, 0.25) is 0 Å². The van der Waals surface area contributed by atoms with Crippen LogP contribution in [0.25, 0.3) is 0 Å². The van der Waals surface area contributed by atoms with Crippen LogP contribution in [-0.4, -0.2) is 30.9 Å². The highest BCUT2D eigenvalue weighted by atomic mass is 32.2. The van der Waals surface area contributed by atoms with Gasteiger partial charge in [-0.05, 0) is 18.6 Å². The van der Waals surface area contributed by atoms with Crippen molar-refractivity contribution in [3.63, 3.8) is 0 Å². The fourth-order valence-electron chi connectivity index (χ4n) is 1.45. The molecule has 0 aliphatic heterocycles. The van der Waals surface area contributed by atoms with Crippen molar-refractivity contribution >= 4 is 10.0 Å². The number of phenolic OH excluding ortho intramolecular Hbond substituents is 1. The second-order valence-corrected chi connectivity index (χ2v) is 5.42. The van der Waals surface area contributed by atoms with Gasteiger partial charge in [-0.15, -0.1) is 6.42 Å². The van der Waals surface area contributed by atoms with Crippen molar-refractivity contribution in [2.75, 3.05) is 13.1 Å². The molecule has 1 aromatic carbocycles. The lowest BCUT2D eigenvalue weighted by atomic mass is 10.3. The van der Waals surface area contributed by atoms with Crippen molar-refractivity contribution in [2.45, 2.75) is 18.2 Å². The Morgan fingerprint density at radius 1 is 1.41 bits per heavy atom. The highest BCUT2D eigenvalue weighted by Gasteiger charge is 2.25. The summed E-state index contributed by atoms with van der Waals surface area (Å²) in [7, 11) is -3.72. The summed E-state index contributed by atoms with van der Waals surface area (Å²) in [6.07, 6.45) is 5.82. The van der Waals surface area contributed by atoms with Crippen molar-refractivity contribution in [3.05, 3.63) is 24.3 Å². The zero-order valence-electron chi connectivity index (χ0n) is 9.63. The summed E-state index contributed by atoms with van der Waals surface area (Å²) in [5.74, 6) is 2.05. The Labute approximate surface area is 102 Å². The van der Waals surface area contributed by atoms with Gasteiger partial charge in [-0.25, -0.2) is 8.42 Å². The van der Waals surface area contributed by atoms with Gasteiger partial charge in [0.2, 0.25) is 10.0 Å². The average molecular weight is 253 g/mol. The molecule has 0 heterocycles. The van der Waals surface area contributed by atoms with Gasteiger partial charge in [0.05, 0.1) is 6.54 Å². The molecule has 1 N–H and O–H groups in total. The van der Waals surface area contributed by atoms with Crippen molar-refractivity contribution in [1.82, 2.24) is 4.31 Å². The molecule has 0 aliphatic rings. The van der Waals surface area contributed by atoms with Crippen LogP contribution in [-0.2, 0) is 10.0 Å². The number of sulfonamides is 1. The first kappa shape index (κ1) is 13.6. The van der Waals surface area contributed by atoms with E-state index in [0.717, 1.165) is 0 Å². The Morgan fingerprint density at radius 3 is 2.59 bits per heavy atom. The zero-order valence-corrected chi connectivity index (χ0v) is 10.4. The number of hydrogen-bond acceptors (Lipinski definition) is 3. The number of hydrogen-bond donors (Lipinski definition) is 1. The Morgan fingerprint density at radius 2 is 2.06 bits per heavy atom. The maximum absolute atomic E-state index is 12.2. The third kappa shape index (κ3) is 2.99. The highest BCUT2D eigenvalue weighted by molar-refractivity contribution is 7.89. The molecule has 1 aromatic rings. The number of phenols is 1. The first-order valence-electron chi connectivity index (χ1n) is 5.25. The molecule has 0 spiro atoms. The molecule has 0 bridgehead atoms. The van der Waals surface area contributed by atoms with E-state index in [1.807, 2.05) is 6.92 Å². The minimum atomic E-state index is -3.72. The summed E-state index contributed by atoms with van der Waals surface area (Å²) < 4.78 is 25.6. The van der Waals surface area contributed by atoms with Gasteiger partial charge in [0.1, 0.15) is 10.6 Å². The van der Waals surface area contributed by atoms with Gasteiger partial charge in [0, 0.05) is 6.54 Å². The second-order valence-electron chi connectivity index (χ2n) is 3.51. The van der Waals surface area contributed by atoms with Gasteiger partial charge < -0.3 is 5.11 Å². The van der Waals surface area contributed by atoms with Gasteiger partial charge in [0.25, 0.3) is 0 Å². The molecule has 92 valence electrons. The van der Waals surface area contributed by atoms with E-state index in [9.17, 15) is 13.5 Å². The molecule has 0 unspecified atom stereocenters. The van der Waals surface area contributed by atoms with E-state index in [0.29, 0.717) is 13.0 Å². The zero-order chi connectivity index (χ0) is 12.9. The maximum Gasteiger partial charge on any atom is 0.247 e. The molecule has 0 aromatic heterocycles. The first-order chi connectivity index (χ1) is 8.04. The van der Waals surface area contributed by atoms with E-state index in [-0.39, 0.29) is 17.2 Å². The van der Waals surface area contributed by atoms with Crippen LogP contribution in [0.3, 0.4) is 0 Å². The second kappa shape index (κ2) is 5.71. The summed E-state index contributed by atoms with van der Waals surface area (Å²) in [4.78, 5) is -0.108. The number of terminal acetylenes is 1. The quantitative estimate of drug-likeness (QED) is 0.807. The third-order valence-electron chi connectivity index (χ3n) is 2.22. The lowest BCUT2D eigenvalue weighted by Crippen LogP contribution is -2.32. The van der Waals surface area contributed by atoms with Crippen molar-refractivity contribution < 1.29 is 13.5 Å². The molecule has 0 saturated heterocycles. The molecule has 0 radical (unpaired) electrons. The maximum atomic E-state index is 12.2. The summed E-state index contributed by atoms with van der Waals surface area (Å²) in [6.45, 7) is 2.20. The van der Waals surface area contributed by atoms with Crippen LogP contribution < -0.4 is 0 Å². The SMILES string of the molecule is C#CCN(CCC)S(=O)(=O)c1ccccc1O. The molecule has 4 nitrogen and oxygen atoms in total. The summed E-state index contributed by atoms with van der Waals surface area (Å²) in [5, 5.41) is 9.57. The number of nitrogens with zero attached hydrogens (tertiary/aromatic N) is 1. The summed E-state index contributed by atoms with van der Waals surface area (Å²) in [5.41, 5.74) is 0. The minimum absolute atomic E-state index is 0.00447. The van der Waals surface area contributed by atoms with E-state index in [2.05, 4.69) is 5.92 Å². The number of rotatable bonds is 5. The molecular formula is C12H15NO3S. The fourth-order valence-corrected chi connectivity index (χ4v) is 2.98.